The van der Waals surface area contributed by atoms with E-state index in [1.807, 2.05) is 56.1 Å². The summed E-state index contributed by atoms with van der Waals surface area (Å²) in [5, 5.41) is 11.5. The lowest BCUT2D eigenvalue weighted by atomic mass is 9.94. The summed E-state index contributed by atoms with van der Waals surface area (Å²) in [6.07, 6.45) is 0. The van der Waals surface area contributed by atoms with Crippen LogP contribution in [0.5, 0.6) is 11.5 Å². The first kappa shape index (κ1) is 23.5. The van der Waals surface area contributed by atoms with Gasteiger partial charge in [0.05, 0.1) is 30.5 Å². The number of benzene rings is 3. The molecule has 1 fully saturated rings. The average Bonchev–Trinajstić information content (AvgIpc) is 3.14. The van der Waals surface area contributed by atoms with Gasteiger partial charge >= 0.3 is 0 Å². The number of ketones is 1. The standard InChI is InChI=1S/C29H28N2O5/c1-4-35-22-11-8-19(9-12-22)26-25(28(33)29(34)31(26)21-7-5-6-18(2)16-21)27(32)20-10-13-24-23(17-20)30(3)14-15-36-24/h5-13,16-17,26,32H,4,14-15H2,1-3H3/b27-25-. The van der Waals surface area contributed by atoms with Crippen LogP contribution in [0.1, 0.15) is 29.7 Å². The van der Waals surface area contributed by atoms with E-state index in [1.165, 1.54) is 4.90 Å². The maximum atomic E-state index is 13.4. The summed E-state index contributed by atoms with van der Waals surface area (Å²) in [5.74, 6) is -0.228. The fourth-order valence-electron chi connectivity index (χ4n) is 4.76. The number of nitrogens with zero attached hydrogens (tertiary/aromatic N) is 2. The predicted octanol–water partition coefficient (Wildman–Crippen LogP) is 4.85. The van der Waals surface area contributed by atoms with E-state index in [-0.39, 0.29) is 11.3 Å². The molecule has 0 aliphatic carbocycles. The van der Waals surface area contributed by atoms with Gasteiger partial charge in [0.15, 0.2) is 0 Å². The molecule has 7 nitrogen and oxygen atoms in total. The third-order valence-corrected chi connectivity index (χ3v) is 6.56. The van der Waals surface area contributed by atoms with Crippen LogP contribution in [0.2, 0.25) is 0 Å². The predicted molar refractivity (Wildman–Crippen MR) is 139 cm³/mol. The summed E-state index contributed by atoms with van der Waals surface area (Å²) in [6, 6.07) is 19.2. The highest BCUT2D eigenvalue weighted by molar-refractivity contribution is 6.51. The zero-order chi connectivity index (χ0) is 25.4. The lowest BCUT2D eigenvalue weighted by molar-refractivity contribution is -0.132. The number of hydrogen-bond acceptors (Lipinski definition) is 6. The molecule has 0 radical (unpaired) electrons. The normalized spacial score (nSPS) is 18.7. The highest BCUT2D eigenvalue weighted by Gasteiger charge is 2.47. The molecule has 1 N–H and O–H groups in total. The van der Waals surface area contributed by atoms with E-state index in [4.69, 9.17) is 9.47 Å². The maximum absolute atomic E-state index is 13.4. The van der Waals surface area contributed by atoms with E-state index in [9.17, 15) is 14.7 Å². The molecule has 184 valence electrons. The van der Waals surface area contributed by atoms with Crippen LogP contribution in [0.4, 0.5) is 11.4 Å². The Morgan fingerprint density at radius 2 is 1.86 bits per heavy atom. The number of carbonyl (C=O) groups excluding carboxylic acids is 2. The minimum absolute atomic E-state index is 0.0463. The number of anilines is 2. The molecule has 0 spiro atoms. The van der Waals surface area contributed by atoms with Crippen molar-refractivity contribution >= 4 is 28.8 Å². The van der Waals surface area contributed by atoms with Crippen LogP contribution in [0, 0.1) is 6.92 Å². The number of ether oxygens (including phenoxy) is 2. The summed E-state index contributed by atoms with van der Waals surface area (Å²) in [6.45, 7) is 5.65. The molecule has 0 bridgehead atoms. The molecule has 1 atom stereocenters. The van der Waals surface area contributed by atoms with Crippen molar-refractivity contribution in [3.05, 3.63) is 89.0 Å². The Hall–Kier alpha value is -4.26. The first-order chi connectivity index (χ1) is 17.4. The summed E-state index contributed by atoms with van der Waals surface area (Å²) in [7, 11) is 1.95. The monoisotopic (exact) mass is 484 g/mol. The number of amides is 1. The molecule has 0 aromatic heterocycles. The smallest absolute Gasteiger partial charge is 0.300 e. The van der Waals surface area contributed by atoms with Crippen LogP contribution in [0.3, 0.4) is 0 Å². The van der Waals surface area contributed by atoms with Gasteiger partial charge in [0.1, 0.15) is 23.9 Å². The molecule has 2 heterocycles. The fourth-order valence-corrected chi connectivity index (χ4v) is 4.76. The number of likely N-dealkylation sites (N-methyl/N-ethyl adjacent to an activating group) is 1. The Labute approximate surface area is 210 Å². The Morgan fingerprint density at radius 3 is 2.58 bits per heavy atom. The molecule has 5 rings (SSSR count). The number of hydrogen-bond donors (Lipinski definition) is 1. The van der Waals surface area contributed by atoms with Gasteiger partial charge in [-0.3, -0.25) is 14.5 Å². The number of aliphatic hydroxyl groups excluding tert-OH is 1. The summed E-state index contributed by atoms with van der Waals surface area (Å²) < 4.78 is 11.3. The SMILES string of the molecule is CCOc1ccc(C2/C(=C(/O)c3ccc4c(c3)N(C)CCO4)C(=O)C(=O)N2c2cccc(C)c2)cc1. The lowest BCUT2D eigenvalue weighted by Gasteiger charge is -2.28. The second kappa shape index (κ2) is 9.41. The van der Waals surface area contributed by atoms with Crippen LogP contribution in [-0.4, -0.2) is 43.6 Å². The van der Waals surface area contributed by atoms with E-state index in [0.29, 0.717) is 48.1 Å². The van der Waals surface area contributed by atoms with Gasteiger partial charge < -0.3 is 19.5 Å². The van der Waals surface area contributed by atoms with Crippen molar-refractivity contribution in [2.24, 2.45) is 0 Å². The van der Waals surface area contributed by atoms with E-state index in [1.54, 1.807) is 36.4 Å². The van der Waals surface area contributed by atoms with Crippen LogP contribution in [0.25, 0.3) is 5.76 Å². The summed E-state index contributed by atoms with van der Waals surface area (Å²) in [5.41, 5.74) is 3.55. The highest BCUT2D eigenvalue weighted by atomic mass is 16.5. The molecular formula is C29H28N2O5. The topological polar surface area (TPSA) is 79.3 Å². The van der Waals surface area contributed by atoms with Crippen molar-refractivity contribution in [2.45, 2.75) is 19.9 Å². The minimum Gasteiger partial charge on any atom is -0.507 e. The second-order valence-electron chi connectivity index (χ2n) is 8.96. The summed E-state index contributed by atoms with van der Waals surface area (Å²) in [4.78, 5) is 30.3. The van der Waals surface area contributed by atoms with E-state index < -0.39 is 17.7 Å². The van der Waals surface area contributed by atoms with Crippen molar-refractivity contribution in [1.82, 2.24) is 0 Å². The van der Waals surface area contributed by atoms with E-state index >= 15 is 0 Å². The Bertz CT molecular complexity index is 1360. The molecule has 7 heteroatoms. The number of aliphatic hydroxyl groups is 1. The highest BCUT2D eigenvalue weighted by Crippen LogP contribution is 2.43. The third kappa shape index (κ3) is 4.06. The molecule has 0 saturated carbocycles. The zero-order valence-electron chi connectivity index (χ0n) is 20.5. The van der Waals surface area contributed by atoms with Crippen molar-refractivity contribution < 1.29 is 24.2 Å². The zero-order valence-corrected chi connectivity index (χ0v) is 20.5. The van der Waals surface area contributed by atoms with Gasteiger partial charge in [-0.15, -0.1) is 0 Å². The molecular weight excluding hydrogens is 456 g/mol. The first-order valence-electron chi connectivity index (χ1n) is 12.0. The quantitative estimate of drug-likeness (QED) is 0.317. The van der Waals surface area contributed by atoms with Gasteiger partial charge in [-0.2, -0.15) is 0 Å². The fraction of sp³-hybridized carbons (Fsp3) is 0.241. The number of fused-ring (bicyclic) bond motifs is 1. The van der Waals surface area contributed by atoms with Crippen LogP contribution < -0.4 is 19.3 Å². The van der Waals surface area contributed by atoms with Crippen LogP contribution >= 0.6 is 0 Å². The average molecular weight is 485 g/mol. The molecule has 1 saturated heterocycles. The summed E-state index contributed by atoms with van der Waals surface area (Å²) >= 11 is 0. The van der Waals surface area contributed by atoms with Crippen LogP contribution in [0.15, 0.2) is 72.3 Å². The molecule has 1 unspecified atom stereocenters. The molecule has 2 aliphatic heterocycles. The Kier molecular flexibility index (Phi) is 6.14. The van der Waals surface area contributed by atoms with Gasteiger partial charge in [-0.1, -0.05) is 24.3 Å². The van der Waals surface area contributed by atoms with Gasteiger partial charge in [-0.05, 0) is 67.4 Å². The van der Waals surface area contributed by atoms with Crippen molar-refractivity contribution in [3.8, 4) is 11.5 Å². The number of rotatable bonds is 5. The Balaban J connectivity index is 1.68. The van der Waals surface area contributed by atoms with Gasteiger partial charge in [0, 0.05) is 18.3 Å². The second-order valence-corrected chi connectivity index (χ2v) is 8.96. The minimum atomic E-state index is -0.799. The molecule has 3 aromatic rings. The molecule has 3 aromatic carbocycles. The number of carbonyl (C=O) groups is 2. The number of Topliss-reactive ketones (excluding diaryl/α,β-unsaturated/α-hetero) is 1. The van der Waals surface area contributed by atoms with Crippen molar-refractivity contribution in [1.29, 1.82) is 0 Å². The van der Waals surface area contributed by atoms with Crippen molar-refractivity contribution in [3.63, 3.8) is 0 Å². The molecule has 36 heavy (non-hydrogen) atoms. The maximum Gasteiger partial charge on any atom is 0.300 e. The van der Waals surface area contributed by atoms with Gasteiger partial charge in [0.2, 0.25) is 0 Å². The van der Waals surface area contributed by atoms with E-state index in [0.717, 1.165) is 11.3 Å². The Morgan fingerprint density at radius 1 is 1.08 bits per heavy atom. The van der Waals surface area contributed by atoms with Gasteiger partial charge in [0.25, 0.3) is 11.7 Å². The third-order valence-electron chi connectivity index (χ3n) is 6.56. The first-order valence-corrected chi connectivity index (χ1v) is 12.0. The van der Waals surface area contributed by atoms with Crippen LogP contribution in [-0.2, 0) is 9.59 Å². The lowest BCUT2D eigenvalue weighted by Crippen LogP contribution is -2.29. The number of aryl methyl sites for hydroxylation is 1. The van der Waals surface area contributed by atoms with Crippen molar-refractivity contribution in [2.75, 3.05) is 36.6 Å². The van der Waals surface area contributed by atoms with E-state index in [2.05, 4.69) is 0 Å². The molecule has 1 amide bonds. The largest absolute Gasteiger partial charge is 0.507 e. The van der Waals surface area contributed by atoms with Gasteiger partial charge in [-0.25, -0.2) is 0 Å². The molecule has 2 aliphatic rings.